The van der Waals surface area contributed by atoms with E-state index in [-0.39, 0.29) is 17.8 Å². The van der Waals surface area contributed by atoms with Crippen LogP contribution in [0, 0.1) is 5.82 Å². The van der Waals surface area contributed by atoms with E-state index in [0.29, 0.717) is 42.9 Å². The van der Waals surface area contributed by atoms with Crippen molar-refractivity contribution in [3.8, 4) is 0 Å². The molecule has 3 amide bonds. The van der Waals surface area contributed by atoms with Crippen LogP contribution >= 0.6 is 0 Å². The quantitative estimate of drug-likeness (QED) is 0.769. The van der Waals surface area contributed by atoms with E-state index >= 15 is 0 Å². The van der Waals surface area contributed by atoms with E-state index in [0.717, 1.165) is 5.69 Å². The second kappa shape index (κ2) is 7.87. The van der Waals surface area contributed by atoms with Crippen molar-refractivity contribution in [3.05, 3.63) is 89.7 Å². The molecule has 0 saturated heterocycles. The topological polar surface area (TPSA) is 65.5 Å². The van der Waals surface area contributed by atoms with Crippen LogP contribution in [0.3, 0.4) is 0 Å². The average Bonchev–Trinajstić information content (AvgIpc) is 3.06. The summed E-state index contributed by atoms with van der Waals surface area (Å²) in [6.07, 6.45) is 3.98. The zero-order valence-corrected chi connectivity index (χ0v) is 15.8. The van der Waals surface area contributed by atoms with Crippen molar-refractivity contribution in [2.24, 2.45) is 0 Å². The number of nitrogens with one attached hydrogen (secondary N) is 1. The summed E-state index contributed by atoms with van der Waals surface area (Å²) in [6.45, 7) is 4.86. The third-order valence-electron chi connectivity index (χ3n) is 5.18. The standard InChI is InChI=1S/C22H21FN4O2/c1-2-12-27-18-14-26(13-10-17-5-3-4-11-24-17)21(28)19(18)20(25-22(27)29)15-6-8-16(23)9-7-15/h2-9,11,20H,1,10,12-14H2,(H,25,29)/t20-/m1/s1. The molecule has 1 aromatic heterocycles. The number of amides is 3. The van der Waals surface area contributed by atoms with Crippen LogP contribution in [0.2, 0.25) is 0 Å². The van der Waals surface area contributed by atoms with Gasteiger partial charge in [0.05, 0.1) is 23.9 Å². The number of aromatic nitrogens is 1. The Bertz CT molecular complexity index is 972. The highest BCUT2D eigenvalue weighted by atomic mass is 19.1. The van der Waals surface area contributed by atoms with Gasteiger partial charge in [-0.2, -0.15) is 0 Å². The summed E-state index contributed by atoms with van der Waals surface area (Å²) in [5, 5.41) is 2.88. The number of urea groups is 1. The zero-order chi connectivity index (χ0) is 20.4. The SMILES string of the molecule is C=CCN1C(=O)N[C@H](c2ccc(F)cc2)C2=C1CN(CCc1ccccn1)C2=O. The van der Waals surface area contributed by atoms with Gasteiger partial charge in [-0.15, -0.1) is 6.58 Å². The van der Waals surface area contributed by atoms with Gasteiger partial charge in [-0.05, 0) is 29.8 Å². The second-order valence-electron chi connectivity index (χ2n) is 6.99. The predicted molar refractivity (Wildman–Crippen MR) is 106 cm³/mol. The molecule has 0 spiro atoms. The van der Waals surface area contributed by atoms with Crippen molar-refractivity contribution in [1.29, 1.82) is 0 Å². The lowest BCUT2D eigenvalue weighted by Gasteiger charge is -2.33. The van der Waals surface area contributed by atoms with Crippen LogP contribution in [-0.4, -0.2) is 46.4 Å². The Morgan fingerprint density at radius 3 is 2.69 bits per heavy atom. The predicted octanol–water partition coefficient (Wildman–Crippen LogP) is 2.81. The highest BCUT2D eigenvalue weighted by Gasteiger charge is 2.43. The fourth-order valence-electron chi connectivity index (χ4n) is 3.75. The maximum absolute atomic E-state index is 13.4. The number of carbonyl (C=O) groups excluding carboxylic acids is 2. The molecule has 0 fully saturated rings. The number of benzene rings is 1. The lowest BCUT2D eigenvalue weighted by atomic mass is 9.95. The van der Waals surface area contributed by atoms with E-state index in [4.69, 9.17) is 0 Å². The molecule has 148 valence electrons. The molecule has 7 heteroatoms. The van der Waals surface area contributed by atoms with Crippen LogP contribution in [-0.2, 0) is 11.2 Å². The molecular weight excluding hydrogens is 371 g/mol. The fraction of sp³-hybridized carbons (Fsp3) is 0.227. The fourth-order valence-corrected chi connectivity index (χ4v) is 3.75. The summed E-state index contributed by atoms with van der Waals surface area (Å²) < 4.78 is 13.4. The number of nitrogens with zero attached hydrogens (tertiary/aromatic N) is 3. The summed E-state index contributed by atoms with van der Waals surface area (Å²) in [5.41, 5.74) is 2.77. The highest BCUT2D eigenvalue weighted by molar-refractivity contribution is 6.01. The first-order valence-corrected chi connectivity index (χ1v) is 9.45. The first-order valence-electron chi connectivity index (χ1n) is 9.45. The monoisotopic (exact) mass is 392 g/mol. The third-order valence-corrected chi connectivity index (χ3v) is 5.18. The first kappa shape index (κ1) is 18.9. The van der Waals surface area contributed by atoms with Crippen molar-refractivity contribution in [3.63, 3.8) is 0 Å². The van der Waals surface area contributed by atoms with Crippen molar-refractivity contribution in [1.82, 2.24) is 20.1 Å². The number of rotatable bonds is 6. The van der Waals surface area contributed by atoms with Crippen LogP contribution in [0.1, 0.15) is 17.3 Å². The second-order valence-corrected chi connectivity index (χ2v) is 6.99. The maximum Gasteiger partial charge on any atom is 0.322 e. The van der Waals surface area contributed by atoms with Crippen LogP contribution in [0.25, 0.3) is 0 Å². The van der Waals surface area contributed by atoms with E-state index in [1.54, 1.807) is 34.2 Å². The summed E-state index contributed by atoms with van der Waals surface area (Å²) in [4.78, 5) is 33.5. The molecule has 0 saturated carbocycles. The minimum atomic E-state index is -0.605. The number of pyridine rings is 1. The van der Waals surface area contributed by atoms with Gasteiger partial charge in [0.15, 0.2) is 0 Å². The largest absolute Gasteiger partial charge is 0.333 e. The number of carbonyl (C=O) groups is 2. The molecule has 2 aliphatic rings. The van der Waals surface area contributed by atoms with Gasteiger partial charge >= 0.3 is 6.03 Å². The smallest absolute Gasteiger partial charge is 0.322 e. The van der Waals surface area contributed by atoms with Crippen molar-refractivity contribution >= 4 is 11.9 Å². The van der Waals surface area contributed by atoms with Gasteiger partial charge in [-0.3, -0.25) is 14.7 Å². The molecule has 0 bridgehead atoms. The minimum absolute atomic E-state index is 0.126. The molecule has 3 heterocycles. The van der Waals surface area contributed by atoms with Crippen molar-refractivity contribution < 1.29 is 14.0 Å². The normalized spacial score (nSPS) is 18.7. The summed E-state index contributed by atoms with van der Waals surface area (Å²) in [6, 6.07) is 10.6. The van der Waals surface area contributed by atoms with E-state index in [1.165, 1.54) is 12.1 Å². The number of hydrogen-bond donors (Lipinski definition) is 1. The van der Waals surface area contributed by atoms with Gasteiger partial charge in [0, 0.05) is 31.4 Å². The molecule has 0 aliphatic carbocycles. The lowest BCUT2D eigenvalue weighted by molar-refractivity contribution is -0.125. The Morgan fingerprint density at radius 1 is 1.21 bits per heavy atom. The van der Waals surface area contributed by atoms with Crippen LogP contribution in [0.4, 0.5) is 9.18 Å². The molecule has 1 atom stereocenters. The molecular formula is C22H21FN4O2. The number of halogens is 1. The molecule has 2 aromatic rings. The molecule has 4 rings (SSSR count). The average molecular weight is 392 g/mol. The summed E-state index contributed by atoms with van der Waals surface area (Å²) in [7, 11) is 0. The Kier molecular flexibility index (Phi) is 5.12. The Labute approximate surface area is 168 Å². The molecule has 0 unspecified atom stereocenters. The van der Waals surface area contributed by atoms with E-state index in [1.807, 2.05) is 18.2 Å². The van der Waals surface area contributed by atoms with Gasteiger partial charge < -0.3 is 10.2 Å². The molecule has 2 aliphatic heterocycles. The van der Waals surface area contributed by atoms with Gasteiger partial charge in [-0.25, -0.2) is 9.18 Å². The van der Waals surface area contributed by atoms with Gasteiger partial charge in [0.1, 0.15) is 5.82 Å². The first-order chi connectivity index (χ1) is 14.1. The molecule has 29 heavy (non-hydrogen) atoms. The Balaban J connectivity index is 1.63. The lowest BCUT2D eigenvalue weighted by Crippen LogP contribution is -2.47. The molecule has 0 radical (unpaired) electrons. The summed E-state index contributed by atoms with van der Waals surface area (Å²) >= 11 is 0. The molecule has 1 N–H and O–H groups in total. The molecule has 6 nitrogen and oxygen atoms in total. The Hall–Kier alpha value is -3.48. The van der Waals surface area contributed by atoms with Crippen LogP contribution < -0.4 is 5.32 Å². The van der Waals surface area contributed by atoms with Crippen molar-refractivity contribution in [2.75, 3.05) is 19.6 Å². The van der Waals surface area contributed by atoms with E-state index in [9.17, 15) is 14.0 Å². The highest BCUT2D eigenvalue weighted by Crippen LogP contribution is 2.36. The van der Waals surface area contributed by atoms with Gasteiger partial charge in [0.2, 0.25) is 0 Å². The Morgan fingerprint density at radius 2 is 2.00 bits per heavy atom. The summed E-state index contributed by atoms with van der Waals surface area (Å²) in [5.74, 6) is -0.493. The van der Waals surface area contributed by atoms with E-state index < -0.39 is 6.04 Å². The zero-order valence-electron chi connectivity index (χ0n) is 15.8. The third kappa shape index (κ3) is 3.63. The van der Waals surface area contributed by atoms with Gasteiger partial charge in [0.25, 0.3) is 5.91 Å². The number of hydrogen-bond acceptors (Lipinski definition) is 3. The van der Waals surface area contributed by atoms with Crippen LogP contribution in [0.5, 0.6) is 0 Å². The maximum atomic E-state index is 13.4. The minimum Gasteiger partial charge on any atom is -0.333 e. The van der Waals surface area contributed by atoms with Crippen molar-refractivity contribution in [2.45, 2.75) is 12.5 Å². The van der Waals surface area contributed by atoms with Crippen LogP contribution in [0.15, 0.2) is 72.6 Å². The molecule has 1 aromatic carbocycles. The van der Waals surface area contributed by atoms with E-state index in [2.05, 4.69) is 16.9 Å². The van der Waals surface area contributed by atoms with Gasteiger partial charge in [-0.1, -0.05) is 24.3 Å².